The molecule has 9 heteroatoms. The predicted octanol–water partition coefficient (Wildman–Crippen LogP) is 5.16. The van der Waals surface area contributed by atoms with Gasteiger partial charge in [-0.1, -0.05) is 34.1 Å². The molecule has 1 atom stereocenters. The van der Waals surface area contributed by atoms with Gasteiger partial charge in [0.15, 0.2) is 0 Å². The van der Waals surface area contributed by atoms with E-state index in [9.17, 15) is 18.8 Å². The van der Waals surface area contributed by atoms with Crippen LogP contribution in [0, 0.1) is 5.82 Å². The van der Waals surface area contributed by atoms with Gasteiger partial charge in [0, 0.05) is 15.6 Å². The first kappa shape index (κ1) is 23.0. The van der Waals surface area contributed by atoms with Crippen LogP contribution < -0.4 is 4.74 Å². The van der Waals surface area contributed by atoms with Gasteiger partial charge in [0.2, 0.25) is 0 Å². The molecule has 1 fully saturated rings. The van der Waals surface area contributed by atoms with Crippen LogP contribution in [0.2, 0.25) is 0 Å². The highest BCUT2D eigenvalue weighted by atomic mass is 79.9. The molecule has 162 valence electrons. The van der Waals surface area contributed by atoms with Crippen LogP contribution in [0.25, 0.3) is 6.08 Å². The molecule has 0 spiro atoms. The molecule has 1 aliphatic rings. The molecule has 1 saturated heterocycles. The van der Waals surface area contributed by atoms with Crippen molar-refractivity contribution in [2.24, 2.45) is 0 Å². The van der Waals surface area contributed by atoms with E-state index in [4.69, 9.17) is 9.47 Å². The van der Waals surface area contributed by atoms with E-state index in [-0.39, 0.29) is 23.9 Å². The summed E-state index contributed by atoms with van der Waals surface area (Å²) in [6.07, 6.45) is 1.52. The number of nitrogens with zero attached hydrogens (tertiary/aromatic N) is 1. The summed E-state index contributed by atoms with van der Waals surface area (Å²) in [5.74, 6) is -1.20. The molecular weight excluding hydrogens is 489 g/mol. The molecule has 1 aliphatic heterocycles. The maximum Gasteiger partial charge on any atom is 0.329 e. The largest absolute Gasteiger partial charge is 0.488 e. The van der Waals surface area contributed by atoms with Crippen molar-refractivity contribution in [2.45, 2.75) is 26.5 Å². The van der Waals surface area contributed by atoms with Gasteiger partial charge in [0.05, 0.1) is 11.5 Å². The van der Waals surface area contributed by atoms with E-state index in [0.29, 0.717) is 16.9 Å². The van der Waals surface area contributed by atoms with Crippen LogP contribution >= 0.6 is 27.7 Å². The molecular formula is C22H19BrFNO5S. The van der Waals surface area contributed by atoms with Crippen molar-refractivity contribution < 1.29 is 28.2 Å². The van der Waals surface area contributed by atoms with Crippen molar-refractivity contribution in [2.75, 3.05) is 6.61 Å². The summed E-state index contributed by atoms with van der Waals surface area (Å²) in [6, 6.07) is 10.4. The van der Waals surface area contributed by atoms with Crippen LogP contribution in [0.15, 0.2) is 51.8 Å². The molecule has 0 saturated carbocycles. The van der Waals surface area contributed by atoms with Gasteiger partial charge < -0.3 is 9.47 Å². The minimum absolute atomic E-state index is 0.00346. The highest BCUT2D eigenvalue weighted by Crippen LogP contribution is 2.36. The van der Waals surface area contributed by atoms with Gasteiger partial charge >= 0.3 is 5.97 Å². The number of hydrogen-bond donors (Lipinski definition) is 0. The molecule has 3 rings (SSSR count). The Labute approximate surface area is 191 Å². The van der Waals surface area contributed by atoms with Crippen LogP contribution in [-0.2, 0) is 20.9 Å². The molecule has 2 aromatic rings. The third-order valence-corrected chi connectivity index (χ3v) is 5.81. The first-order valence-electron chi connectivity index (χ1n) is 9.41. The zero-order chi connectivity index (χ0) is 22.5. The first-order valence-corrected chi connectivity index (χ1v) is 11.0. The summed E-state index contributed by atoms with van der Waals surface area (Å²) in [7, 11) is 0. The van der Waals surface area contributed by atoms with Crippen LogP contribution in [0.4, 0.5) is 9.18 Å². The predicted molar refractivity (Wildman–Crippen MR) is 119 cm³/mol. The number of esters is 1. The van der Waals surface area contributed by atoms with E-state index in [2.05, 4.69) is 15.9 Å². The zero-order valence-electron chi connectivity index (χ0n) is 16.8. The summed E-state index contributed by atoms with van der Waals surface area (Å²) in [4.78, 5) is 38.2. The SMILES string of the molecule is CCOC(=O)[C@@H](C)N1C(=O)S/C(=C/c2cc(Br)ccc2OCc2ccccc2F)C1=O. The second kappa shape index (κ2) is 10.1. The molecule has 0 unspecified atom stereocenters. The summed E-state index contributed by atoms with van der Waals surface area (Å²) >= 11 is 4.11. The minimum atomic E-state index is -1.03. The fourth-order valence-corrected chi connectivity index (χ4v) is 4.14. The van der Waals surface area contributed by atoms with Crippen LogP contribution in [0.1, 0.15) is 25.0 Å². The van der Waals surface area contributed by atoms with Gasteiger partial charge in [-0.05, 0) is 56.0 Å². The highest BCUT2D eigenvalue weighted by molar-refractivity contribution is 9.10. The Hall–Kier alpha value is -2.65. The van der Waals surface area contributed by atoms with Crippen molar-refractivity contribution in [3.63, 3.8) is 0 Å². The molecule has 0 radical (unpaired) electrons. The Morgan fingerprint density at radius 3 is 2.71 bits per heavy atom. The topological polar surface area (TPSA) is 72.9 Å². The Balaban J connectivity index is 1.85. The number of carbonyl (C=O) groups excluding carboxylic acids is 3. The van der Waals surface area contributed by atoms with Crippen molar-refractivity contribution >= 4 is 50.9 Å². The number of imide groups is 1. The highest BCUT2D eigenvalue weighted by Gasteiger charge is 2.41. The fraction of sp³-hybridized carbons (Fsp3) is 0.227. The molecule has 1 heterocycles. The number of rotatable bonds is 7. The van der Waals surface area contributed by atoms with Crippen molar-refractivity contribution in [1.29, 1.82) is 0 Å². The number of ether oxygens (including phenoxy) is 2. The van der Waals surface area contributed by atoms with E-state index in [1.807, 2.05) is 0 Å². The van der Waals surface area contributed by atoms with Gasteiger partial charge in [-0.2, -0.15) is 0 Å². The maximum absolute atomic E-state index is 13.9. The lowest BCUT2D eigenvalue weighted by molar-refractivity contribution is -0.150. The molecule has 2 aromatic carbocycles. The van der Waals surface area contributed by atoms with Crippen LogP contribution in [-0.4, -0.2) is 34.7 Å². The van der Waals surface area contributed by atoms with Crippen molar-refractivity contribution in [1.82, 2.24) is 4.90 Å². The number of halogens is 2. The summed E-state index contributed by atoms with van der Waals surface area (Å²) in [5.41, 5.74) is 0.917. The standard InChI is InChI=1S/C22H19BrFNO5S/c1-3-29-21(27)13(2)25-20(26)19(31-22(25)28)11-15-10-16(23)8-9-18(15)30-12-14-6-4-5-7-17(14)24/h4-11,13H,3,12H2,1-2H3/b19-11+/t13-/m1/s1. The van der Waals surface area contributed by atoms with Crippen LogP contribution in [0.5, 0.6) is 5.75 Å². The number of hydrogen-bond acceptors (Lipinski definition) is 6. The number of amides is 2. The summed E-state index contributed by atoms with van der Waals surface area (Å²) in [5, 5.41) is -0.555. The number of thioether (sulfide) groups is 1. The fourth-order valence-electron chi connectivity index (χ4n) is 2.86. The second-order valence-corrected chi connectivity index (χ2v) is 8.45. The lowest BCUT2D eigenvalue weighted by Crippen LogP contribution is -2.42. The third-order valence-electron chi connectivity index (χ3n) is 4.44. The van der Waals surface area contributed by atoms with Gasteiger partial charge in [0.25, 0.3) is 11.1 Å². The third kappa shape index (κ3) is 5.34. The van der Waals surface area contributed by atoms with Gasteiger partial charge in [-0.25, -0.2) is 9.18 Å². The Morgan fingerprint density at radius 2 is 2.00 bits per heavy atom. The second-order valence-electron chi connectivity index (χ2n) is 6.54. The Kier molecular flexibility index (Phi) is 7.50. The number of carbonyl (C=O) groups is 3. The van der Waals surface area contributed by atoms with Crippen molar-refractivity contribution in [3.05, 3.63) is 68.8 Å². The number of benzene rings is 2. The quantitative estimate of drug-likeness (QED) is 0.380. The van der Waals surface area contributed by atoms with Gasteiger partial charge in [-0.3, -0.25) is 14.5 Å². The van der Waals surface area contributed by atoms with Gasteiger partial charge in [-0.15, -0.1) is 0 Å². The zero-order valence-corrected chi connectivity index (χ0v) is 19.2. The normalized spacial score (nSPS) is 16.0. The van der Waals surface area contributed by atoms with Crippen LogP contribution in [0.3, 0.4) is 0 Å². The molecule has 0 aliphatic carbocycles. The van der Waals surface area contributed by atoms with E-state index in [0.717, 1.165) is 21.1 Å². The summed E-state index contributed by atoms with van der Waals surface area (Å²) in [6.45, 7) is 3.24. The van der Waals surface area contributed by atoms with E-state index < -0.39 is 23.2 Å². The van der Waals surface area contributed by atoms with Gasteiger partial charge in [0.1, 0.15) is 24.2 Å². The molecule has 2 amide bonds. The molecule has 0 bridgehead atoms. The van der Waals surface area contributed by atoms with Crippen molar-refractivity contribution in [3.8, 4) is 5.75 Å². The monoisotopic (exact) mass is 507 g/mol. The smallest absolute Gasteiger partial charge is 0.329 e. The lowest BCUT2D eigenvalue weighted by Gasteiger charge is -2.19. The average Bonchev–Trinajstić information content (AvgIpc) is 3.01. The van der Waals surface area contributed by atoms with E-state index in [1.165, 1.54) is 19.1 Å². The lowest BCUT2D eigenvalue weighted by atomic mass is 10.1. The molecule has 0 aromatic heterocycles. The maximum atomic E-state index is 13.9. The van der Waals surface area contributed by atoms with E-state index in [1.54, 1.807) is 43.3 Å². The molecule has 0 N–H and O–H groups in total. The van der Waals surface area contributed by atoms with E-state index >= 15 is 0 Å². The molecule has 6 nitrogen and oxygen atoms in total. The minimum Gasteiger partial charge on any atom is -0.488 e. The average molecular weight is 508 g/mol. The Morgan fingerprint density at radius 1 is 1.26 bits per heavy atom. The molecule has 31 heavy (non-hydrogen) atoms. The Bertz CT molecular complexity index is 1060. The first-order chi connectivity index (χ1) is 14.8. The summed E-state index contributed by atoms with van der Waals surface area (Å²) < 4.78 is 25.3.